The number of nitrogens with one attached hydrogen (secondary N) is 1. The molecule has 0 saturated heterocycles. The van der Waals surface area contributed by atoms with Crippen molar-refractivity contribution in [2.75, 3.05) is 5.32 Å². The molecule has 0 radical (unpaired) electrons. The predicted molar refractivity (Wildman–Crippen MR) is 64.9 cm³/mol. The number of carbonyl (C=O) groups excluding carboxylic acids is 1. The first-order chi connectivity index (χ1) is 7.64. The summed E-state index contributed by atoms with van der Waals surface area (Å²) in [6.45, 7) is 7.01. The molecule has 0 aliphatic rings. The molecule has 0 aliphatic carbocycles. The van der Waals surface area contributed by atoms with Crippen molar-refractivity contribution in [3.8, 4) is 0 Å². The lowest BCUT2D eigenvalue weighted by atomic mass is 9.74. The largest absolute Gasteiger partial charge is 0.325 e. The van der Waals surface area contributed by atoms with Crippen molar-refractivity contribution in [3.05, 3.63) is 24.1 Å². The number of amides is 1. The molecule has 1 heterocycles. The van der Waals surface area contributed by atoms with Gasteiger partial charge in [-0.1, -0.05) is 6.07 Å². The van der Waals surface area contributed by atoms with Gasteiger partial charge in [-0.05, 0) is 39.8 Å². The van der Waals surface area contributed by atoms with Crippen LogP contribution >= 0.6 is 0 Å². The van der Waals surface area contributed by atoms with E-state index in [2.05, 4.69) is 10.3 Å². The lowest BCUT2D eigenvalue weighted by molar-refractivity contribution is -0.126. The van der Waals surface area contributed by atoms with E-state index in [0.29, 0.717) is 0 Å². The number of hydrogen-bond acceptors (Lipinski definition) is 3. The van der Waals surface area contributed by atoms with Crippen molar-refractivity contribution >= 4 is 11.7 Å². The standard InChI is InChI=1S/C12H18FN3O/c1-11(2,12(3,4)14)10(17)16-9-7-5-6-8(13)15-9/h5-7H,14H2,1-4H3,(H,15,16,17). The first kappa shape index (κ1) is 13.6. The van der Waals surface area contributed by atoms with Gasteiger partial charge in [0.1, 0.15) is 5.82 Å². The van der Waals surface area contributed by atoms with Gasteiger partial charge in [0.15, 0.2) is 0 Å². The Morgan fingerprint density at radius 3 is 2.41 bits per heavy atom. The molecule has 5 heteroatoms. The average molecular weight is 239 g/mol. The lowest BCUT2D eigenvalue weighted by Gasteiger charge is -2.36. The zero-order valence-corrected chi connectivity index (χ0v) is 10.5. The zero-order chi connectivity index (χ0) is 13.3. The Labute approximate surface area is 100 Å². The number of carbonyl (C=O) groups is 1. The first-order valence-electron chi connectivity index (χ1n) is 5.37. The molecule has 0 bridgehead atoms. The fourth-order valence-electron chi connectivity index (χ4n) is 1.04. The number of rotatable bonds is 3. The van der Waals surface area contributed by atoms with Crippen LogP contribution in [0.2, 0.25) is 0 Å². The van der Waals surface area contributed by atoms with E-state index in [1.54, 1.807) is 27.7 Å². The summed E-state index contributed by atoms with van der Waals surface area (Å²) >= 11 is 0. The van der Waals surface area contributed by atoms with Gasteiger partial charge in [-0.25, -0.2) is 4.98 Å². The molecule has 1 rings (SSSR count). The molecule has 0 atom stereocenters. The van der Waals surface area contributed by atoms with Gasteiger partial charge in [0.25, 0.3) is 0 Å². The van der Waals surface area contributed by atoms with Crippen molar-refractivity contribution in [2.24, 2.45) is 11.1 Å². The van der Waals surface area contributed by atoms with Gasteiger partial charge in [0, 0.05) is 5.54 Å². The maximum Gasteiger partial charge on any atom is 0.233 e. The molecule has 3 N–H and O–H groups in total. The summed E-state index contributed by atoms with van der Waals surface area (Å²) < 4.78 is 12.9. The van der Waals surface area contributed by atoms with E-state index in [4.69, 9.17) is 5.73 Å². The summed E-state index contributed by atoms with van der Waals surface area (Å²) in [4.78, 5) is 15.6. The molecule has 0 aliphatic heterocycles. The molecule has 1 amide bonds. The Hall–Kier alpha value is -1.49. The third-order valence-corrected chi connectivity index (χ3v) is 3.14. The second-order valence-electron chi connectivity index (χ2n) is 5.15. The van der Waals surface area contributed by atoms with Crippen molar-refractivity contribution in [2.45, 2.75) is 33.2 Å². The van der Waals surface area contributed by atoms with E-state index in [0.717, 1.165) is 0 Å². The van der Waals surface area contributed by atoms with Crippen LogP contribution < -0.4 is 11.1 Å². The van der Waals surface area contributed by atoms with Crippen LogP contribution in [-0.4, -0.2) is 16.4 Å². The molecule has 0 unspecified atom stereocenters. The van der Waals surface area contributed by atoms with E-state index >= 15 is 0 Å². The molecule has 94 valence electrons. The molecule has 0 fully saturated rings. The van der Waals surface area contributed by atoms with E-state index in [1.165, 1.54) is 18.2 Å². The third kappa shape index (κ3) is 3.00. The number of nitrogens with two attached hydrogens (primary N) is 1. The Morgan fingerprint density at radius 2 is 1.94 bits per heavy atom. The number of hydrogen-bond donors (Lipinski definition) is 2. The number of pyridine rings is 1. The number of nitrogens with zero attached hydrogens (tertiary/aromatic N) is 1. The molecular formula is C12H18FN3O. The molecule has 0 aromatic carbocycles. The van der Waals surface area contributed by atoms with Gasteiger partial charge in [-0.15, -0.1) is 0 Å². The highest BCUT2D eigenvalue weighted by Gasteiger charge is 2.40. The van der Waals surface area contributed by atoms with E-state index < -0.39 is 16.9 Å². The third-order valence-electron chi connectivity index (χ3n) is 3.14. The van der Waals surface area contributed by atoms with Crippen LogP contribution in [0.15, 0.2) is 18.2 Å². The molecule has 17 heavy (non-hydrogen) atoms. The summed E-state index contributed by atoms with van der Waals surface area (Å²) in [7, 11) is 0. The normalized spacial score (nSPS) is 12.4. The van der Waals surface area contributed by atoms with Crippen molar-refractivity contribution in [1.82, 2.24) is 4.98 Å². The second kappa shape index (κ2) is 4.41. The summed E-state index contributed by atoms with van der Waals surface area (Å²) in [5.41, 5.74) is 4.46. The highest BCUT2D eigenvalue weighted by Crippen LogP contribution is 2.29. The Bertz CT molecular complexity index is 424. The van der Waals surface area contributed by atoms with Gasteiger partial charge in [-0.2, -0.15) is 4.39 Å². The monoisotopic (exact) mass is 239 g/mol. The minimum atomic E-state index is -0.791. The van der Waals surface area contributed by atoms with Crippen molar-refractivity contribution in [3.63, 3.8) is 0 Å². The summed E-state index contributed by atoms with van der Waals surface area (Å²) in [5, 5.41) is 2.56. The molecule has 4 nitrogen and oxygen atoms in total. The SMILES string of the molecule is CC(C)(N)C(C)(C)C(=O)Nc1cccc(F)n1. The summed E-state index contributed by atoms with van der Waals surface area (Å²) in [5.74, 6) is -0.733. The quantitative estimate of drug-likeness (QED) is 0.792. The second-order valence-corrected chi connectivity index (χ2v) is 5.15. The average Bonchev–Trinajstić information content (AvgIpc) is 2.15. The van der Waals surface area contributed by atoms with E-state index in [1.807, 2.05) is 0 Å². The lowest BCUT2D eigenvalue weighted by Crippen LogP contribution is -2.53. The minimum Gasteiger partial charge on any atom is -0.325 e. The summed E-state index contributed by atoms with van der Waals surface area (Å²) in [6.07, 6.45) is 0. The van der Waals surface area contributed by atoms with Crippen LogP contribution in [0.25, 0.3) is 0 Å². The minimum absolute atomic E-state index is 0.187. The number of anilines is 1. The van der Waals surface area contributed by atoms with Crippen molar-refractivity contribution < 1.29 is 9.18 Å². The number of aromatic nitrogens is 1. The molecule has 1 aromatic rings. The van der Waals surface area contributed by atoms with Crippen LogP contribution in [-0.2, 0) is 4.79 Å². The van der Waals surface area contributed by atoms with E-state index in [-0.39, 0.29) is 11.7 Å². The molecule has 1 aromatic heterocycles. The van der Waals surface area contributed by atoms with Crippen LogP contribution in [0.3, 0.4) is 0 Å². The Kier molecular flexibility index (Phi) is 3.52. The number of halogens is 1. The molecular weight excluding hydrogens is 221 g/mol. The van der Waals surface area contributed by atoms with Gasteiger partial charge < -0.3 is 11.1 Å². The van der Waals surface area contributed by atoms with Crippen LogP contribution in [0.1, 0.15) is 27.7 Å². The highest BCUT2D eigenvalue weighted by atomic mass is 19.1. The molecule has 0 spiro atoms. The Balaban J connectivity index is 2.87. The van der Waals surface area contributed by atoms with Crippen molar-refractivity contribution in [1.29, 1.82) is 0 Å². The van der Waals surface area contributed by atoms with Crippen LogP contribution in [0.5, 0.6) is 0 Å². The highest BCUT2D eigenvalue weighted by molar-refractivity contribution is 5.94. The fourth-order valence-corrected chi connectivity index (χ4v) is 1.04. The van der Waals surface area contributed by atoms with E-state index in [9.17, 15) is 9.18 Å². The Morgan fingerprint density at radius 1 is 1.35 bits per heavy atom. The maximum atomic E-state index is 12.9. The van der Waals surface area contributed by atoms with Gasteiger partial charge in [-0.3, -0.25) is 4.79 Å². The van der Waals surface area contributed by atoms with Gasteiger partial charge in [0.2, 0.25) is 11.9 Å². The smallest absolute Gasteiger partial charge is 0.233 e. The summed E-state index contributed by atoms with van der Waals surface area (Å²) in [6, 6.07) is 4.23. The molecule has 0 saturated carbocycles. The maximum absolute atomic E-state index is 12.9. The fraction of sp³-hybridized carbons (Fsp3) is 0.500. The van der Waals surface area contributed by atoms with Gasteiger partial charge >= 0.3 is 0 Å². The van der Waals surface area contributed by atoms with Crippen LogP contribution in [0.4, 0.5) is 10.2 Å². The first-order valence-corrected chi connectivity index (χ1v) is 5.37. The predicted octanol–water partition coefficient (Wildman–Crippen LogP) is 1.92. The van der Waals surface area contributed by atoms with Crippen LogP contribution in [0, 0.1) is 11.4 Å². The zero-order valence-electron chi connectivity index (χ0n) is 10.5. The topological polar surface area (TPSA) is 68.0 Å². The van der Waals surface area contributed by atoms with Gasteiger partial charge in [0.05, 0.1) is 5.41 Å².